The van der Waals surface area contributed by atoms with Crippen molar-refractivity contribution in [2.45, 2.75) is 311 Å². The molecule has 0 aromatic carbocycles. The van der Waals surface area contributed by atoms with Gasteiger partial charge in [0.1, 0.15) is 30.5 Å². The van der Waals surface area contributed by atoms with E-state index in [0.717, 1.165) is 30.4 Å². The Morgan fingerprint density at radius 2 is 1.19 bits per heavy atom. The number of rotatable bonds is 10. The van der Waals surface area contributed by atoms with Crippen molar-refractivity contribution in [2.24, 2.45) is 11.8 Å². The van der Waals surface area contributed by atoms with Crippen LogP contribution in [0.5, 0.6) is 0 Å². The van der Waals surface area contributed by atoms with Crippen LogP contribution in [0.15, 0.2) is 36.5 Å². The average molecular weight is 1190 g/mol. The number of esters is 1. The predicted molar refractivity (Wildman–Crippen MR) is 318 cm³/mol. The lowest BCUT2D eigenvalue weighted by atomic mass is 9.79. The molecule has 0 amide bonds. The Kier molecular flexibility index (Phi) is 21.4. The summed E-state index contributed by atoms with van der Waals surface area (Å²) in [6, 6.07) is 0. The van der Waals surface area contributed by atoms with Crippen molar-refractivity contribution in [3.63, 3.8) is 0 Å². The molecule has 0 N–H and O–H groups in total. The second kappa shape index (κ2) is 25.8. The first-order valence-electron chi connectivity index (χ1n) is 30.0. The Morgan fingerprint density at radius 3 is 1.81 bits per heavy atom. The van der Waals surface area contributed by atoms with Gasteiger partial charge in [-0.05, 0) is 135 Å². The van der Waals surface area contributed by atoms with Crippen molar-refractivity contribution in [1.82, 2.24) is 0 Å². The number of carbonyl (C=O) groups is 2. The molecular weight excluding hydrogens is 1090 g/mol. The minimum absolute atomic E-state index is 0.00553. The molecule has 0 spiro atoms. The van der Waals surface area contributed by atoms with Crippen LogP contribution in [0.25, 0.3) is 0 Å². The standard InChI is InChI=1S/C60H102O14P2Si3/c1-35-30-41-23-26-43-36(2)31-40(65-43)22-20-39(61)21-25-46(72-77(14,15)58(5,6)7)55-57(74-79(18,19)60(11,12)13)56(73-78(16,17)59(8,9)10)54-45(70-55)27-24-42(67-54)32-51(62)71-53-38(4)52-49(68-48(53)33-47(66-41)37(35)3)34-50(76-64)44(69-52)28-29-75-63/h21,25,35,38,40-50,52-57H,2-3,20,22-24,26-34H2,1,4-19H3. The van der Waals surface area contributed by atoms with E-state index in [1.807, 2.05) is 6.08 Å². The molecule has 19 atom stereocenters. The van der Waals surface area contributed by atoms with Gasteiger partial charge >= 0.3 is 5.97 Å². The summed E-state index contributed by atoms with van der Waals surface area (Å²) >= 11 is 0. The molecule has 6 saturated heterocycles. The number of allylic oxidation sites excluding steroid dienone is 1. The largest absolute Gasteiger partial charge is 0.459 e. The fraction of sp³-hybridized carbons (Fsp3) is 0.867. The minimum Gasteiger partial charge on any atom is -0.459 e. The summed E-state index contributed by atoms with van der Waals surface area (Å²) in [5.41, 5.74) is 1.69. The molecule has 6 fully saturated rings. The van der Waals surface area contributed by atoms with Crippen LogP contribution in [0, 0.1) is 11.8 Å². The van der Waals surface area contributed by atoms with Gasteiger partial charge in [0.25, 0.3) is 0 Å². The molecule has 9 rings (SSSR count). The van der Waals surface area contributed by atoms with E-state index < -0.39 is 98.1 Å². The number of carbonyl (C=O) groups excluding carboxylic acids is 2. The van der Waals surface area contributed by atoms with E-state index in [2.05, 4.69) is 129 Å². The second-order valence-electron chi connectivity index (χ2n) is 29.1. The molecule has 9 aliphatic rings. The molecule has 9 heterocycles. The fourth-order valence-corrected chi connectivity index (χ4v) is 16.9. The van der Waals surface area contributed by atoms with Crippen molar-refractivity contribution < 1.29 is 65.2 Å². The fourth-order valence-electron chi connectivity index (χ4n) is 12.1. The summed E-state index contributed by atoms with van der Waals surface area (Å²) in [6.45, 7) is 46.9. The minimum atomic E-state index is -2.61. The van der Waals surface area contributed by atoms with Crippen LogP contribution < -0.4 is 0 Å². The molecule has 19 unspecified atom stereocenters. The molecule has 0 aliphatic carbocycles. The van der Waals surface area contributed by atoms with Crippen LogP contribution in [0.3, 0.4) is 0 Å². The third-order valence-electron chi connectivity index (χ3n) is 20.2. The lowest BCUT2D eigenvalue weighted by Crippen LogP contribution is -2.69. The van der Waals surface area contributed by atoms with Crippen LogP contribution in [-0.4, -0.2) is 146 Å². The summed E-state index contributed by atoms with van der Waals surface area (Å²) < 4.78 is 95.9. The first-order valence-corrected chi connectivity index (χ1v) is 40.6. The van der Waals surface area contributed by atoms with Gasteiger partial charge < -0.3 is 46.4 Å². The Morgan fingerprint density at radius 1 is 0.608 bits per heavy atom. The second-order valence-corrected chi connectivity index (χ2v) is 45.0. The van der Waals surface area contributed by atoms with Gasteiger partial charge in [0.05, 0.1) is 79.2 Å². The Hall–Kier alpha value is -1.15. The van der Waals surface area contributed by atoms with Gasteiger partial charge in [-0.1, -0.05) is 95.4 Å². The number of ketones is 1. The Balaban J connectivity index is 1.29. The highest BCUT2D eigenvalue weighted by Crippen LogP contribution is 2.49. The molecule has 0 aromatic rings. The van der Waals surface area contributed by atoms with Crippen molar-refractivity contribution in [1.29, 1.82) is 0 Å². The van der Waals surface area contributed by atoms with Gasteiger partial charge in [-0.2, -0.15) is 0 Å². The Bertz CT molecular complexity index is 2200. The van der Waals surface area contributed by atoms with Gasteiger partial charge in [0.15, 0.2) is 47.7 Å². The van der Waals surface area contributed by atoms with Crippen molar-refractivity contribution in [3.05, 3.63) is 36.5 Å². The van der Waals surface area contributed by atoms with Crippen molar-refractivity contribution >= 4 is 53.6 Å². The molecule has 79 heavy (non-hydrogen) atoms. The van der Waals surface area contributed by atoms with E-state index in [-0.39, 0.29) is 92.3 Å². The molecule has 14 nitrogen and oxygen atoms in total. The monoisotopic (exact) mass is 1190 g/mol. The average Bonchev–Trinajstić information content (AvgIpc) is 3.93. The maximum absolute atomic E-state index is 14.8. The lowest BCUT2D eigenvalue weighted by Gasteiger charge is -2.56. The van der Waals surface area contributed by atoms with Crippen molar-refractivity contribution in [3.8, 4) is 0 Å². The van der Waals surface area contributed by atoms with Crippen molar-refractivity contribution in [2.75, 3.05) is 6.16 Å². The highest BCUT2D eigenvalue weighted by Gasteiger charge is 2.59. The summed E-state index contributed by atoms with van der Waals surface area (Å²) in [5.74, 6) is -0.549. The molecule has 0 saturated carbocycles. The topological polar surface area (TPSA) is 161 Å². The summed E-state index contributed by atoms with van der Waals surface area (Å²) in [5, 5.41) is -0.526. The van der Waals surface area contributed by atoms with Gasteiger partial charge in [-0.25, -0.2) is 0 Å². The zero-order chi connectivity index (χ0) is 58.4. The van der Waals surface area contributed by atoms with Crippen LogP contribution in [0.2, 0.25) is 54.4 Å². The van der Waals surface area contributed by atoms with Crippen LogP contribution in [-0.2, 0) is 65.2 Å². The molecule has 19 heteroatoms. The predicted octanol–water partition coefficient (Wildman–Crippen LogP) is 13.8. The highest BCUT2D eigenvalue weighted by molar-refractivity contribution is 7.25. The molecule has 9 aliphatic heterocycles. The van der Waals surface area contributed by atoms with E-state index in [1.165, 1.54) is 0 Å². The molecule has 8 bridgehead atoms. The van der Waals surface area contributed by atoms with Gasteiger partial charge in [-0.3, -0.25) is 18.7 Å². The van der Waals surface area contributed by atoms with E-state index in [9.17, 15) is 18.7 Å². The third kappa shape index (κ3) is 15.5. The number of fused-ring (bicyclic) bond motifs is 3. The van der Waals surface area contributed by atoms with E-state index >= 15 is 0 Å². The maximum Gasteiger partial charge on any atom is 0.308 e. The summed E-state index contributed by atoms with van der Waals surface area (Å²) in [6.07, 6.45) is 2.99. The molecular formula is C60H102O14P2Si3. The SMILES string of the molecule is C=C1CC2CCC(=O)C=CC(O[Si](C)(C)C(C)(C)C)C3OC4CCC(CC(=O)OC5C(CC6OC(CCC1O2)CC(C)C6=C)OC1CC(P=O)C(CCP=O)OC1C5C)OC4C(O[Si](C)(C)C(C)(C)C)C3O[Si](C)(C)C(C)(C)C. The van der Waals surface area contributed by atoms with Gasteiger partial charge in [0, 0.05) is 24.9 Å². The Labute approximate surface area is 481 Å². The lowest BCUT2D eigenvalue weighted by molar-refractivity contribution is -0.269. The van der Waals surface area contributed by atoms with Gasteiger partial charge in [0.2, 0.25) is 0 Å². The maximum atomic E-state index is 14.8. The first kappa shape index (κ1) is 65.4. The van der Waals surface area contributed by atoms with E-state index in [1.54, 1.807) is 6.08 Å². The van der Waals surface area contributed by atoms with E-state index in [4.69, 9.17) is 46.4 Å². The molecule has 0 radical (unpaired) electrons. The number of hydrogen-bond donors (Lipinski definition) is 0. The zero-order valence-electron chi connectivity index (χ0n) is 51.3. The smallest absolute Gasteiger partial charge is 0.308 e. The molecule has 0 aromatic heterocycles. The third-order valence-corrected chi connectivity index (χ3v) is 34.9. The van der Waals surface area contributed by atoms with Crippen LogP contribution in [0.1, 0.15) is 153 Å². The quantitative estimate of drug-likeness (QED) is 0.0879. The zero-order valence-corrected chi connectivity index (χ0v) is 56.1. The van der Waals surface area contributed by atoms with E-state index in [0.29, 0.717) is 57.5 Å². The first-order chi connectivity index (χ1) is 36.6. The normalized spacial score (nSPS) is 39.2. The van der Waals surface area contributed by atoms with Gasteiger partial charge in [-0.15, -0.1) is 0 Å². The number of hydrogen-bond acceptors (Lipinski definition) is 14. The summed E-state index contributed by atoms with van der Waals surface area (Å²) in [7, 11) is -7.79. The summed E-state index contributed by atoms with van der Waals surface area (Å²) in [4.78, 5) is 29.0. The number of ether oxygens (including phenoxy) is 7. The molecule has 448 valence electrons. The highest BCUT2D eigenvalue weighted by atomic mass is 31.1. The van der Waals surface area contributed by atoms with Crippen LogP contribution >= 0.6 is 16.9 Å². The van der Waals surface area contributed by atoms with Crippen LogP contribution in [0.4, 0.5) is 0 Å².